The first-order valence-electron chi connectivity index (χ1n) is 8.36. The molecule has 24 heavy (non-hydrogen) atoms. The third-order valence-electron chi connectivity index (χ3n) is 4.36. The molecule has 0 spiro atoms. The van der Waals surface area contributed by atoms with Crippen molar-refractivity contribution in [3.05, 3.63) is 41.1 Å². The van der Waals surface area contributed by atoms with Crippen LogP contribution in [0.3, 0.4) is 0 Å². The average Bonchev–Trinajstić information content (AvgIpc) is 2.86. The lowest BCUT2D eigenvalue weighted by molar-refractivity contribution is -0.0394. The second-order valence-electron chi connectivity index (χ2n) is 6.82. The third kappa shape index (κ3) is 3.28. The van der Waals surface area contributed by atoms with Crippen LogP contribution >= 0.6 is 0 Å². The van der Waals surface area contributed by atoms with Gasteiger partial charge in [-0.2, -0.15) is 0 Å². The number of hydrogen-bond donors (Lipinski definition) is 1. The normalized spacial score (nSPS) is 21.0. The van der Waals surface area contributed by atoms with Gasteiger partial charge in [-0.3, -0.25) is 9.78 Å². The Morgan fingerprint density at radius 2 is 2.04 bits per heavy atom. The van der Waals surface area contributed by atoms with Crippen LogP contribution in [0.15, 0.2) is 24.3 Å². The molecule has 0 unspecified atom stereocenters. The number of aromatic nitrogens is 1. The number of fused-ring (bicyclic) bond motifs is 1. The standard InChI is InChI=1S/C19H24N2O3/c1-11(2)24-18-10-21(9-17(18)22)19(23)15-8-14-7-12(3)5-6-16(14)20-13(15)4/h5-8,11,17-18,22H,9-10H2,1-4H3/t17-,18-/m0/s1. The molecule has 2 heterocycles. The fourth-order valence-corrected chi connectivity index (χ4v) is 3.18. The lowest BCUT2D eigenvalue weighted by Gasteiger charge is -2.19. The number of nitrogens with zero attached hydrogens (tertiary/aromatic N) is 2. The number of β-amino-alcohol motifs (C(OH)–C–C–N with tert-alkyl or cyclic N) is 1. The van der Waals surface area contributed by atoms with Crippen LogP contribution in [0.4, 0.5) is 0 Å². The molecule has 1 aromatic heterocycles. The maximum absolute atomic E-state index is 12.9. The lowest BCUT2D eigenvalue weighted by atomic mass is 10.1. The Kier molecular flexibility index (Phi) is 4.56. The number of amides is 1. The van der Waals surface area contributed by atoms with Crippen LogP contribution in [0, 0.1) is 13.8 Å². The molecule has 128 valence electrons. The highest BCUT2D eigenvalue weighted by molar-refractivity contribution is 5.99. The van der Waals surface area contributed by atoms with Crippen molar-refractivity contribution in [3.8, 4) is 0 Å². The number of carbonyl (C=O) groups is 1. The van der Waals surface area contributed by atoms with E-state index in [2.05, 4.69) is 4.98 Å². The fourth-order valence-electron chi connectivity index (χ4n) is 3.18. The summed E-state index contributed by atoms with van der Waals surface area (Å²) in [6, 6.07) is 7.91. The maximum Gasteiger partial charge on any atom is 0.255 e. The number of aryl methyl sites for hydroxylation is 2. The molecule has 5 heteroatoms. The highest BCUT2D eigenvalue weighted by atomic mass is 16.5. The molecular weight excluding hydrogens is 304 g/mol. The number of likely N-dealkylation sites (tertiary alicyclic amines) is 1. The van der Waals surface area contributed by atoms with Gasteiger partial charge in [0.05, 0.1) is 29.0 Å². The molecule has 1 N–H and O–H groups in total. The van der Waals surface area contributed by atoms with Gasteiger partial charge < -0.3 is 14.7 Å². The van der Waals surface area contributed by atoms with Gasteiger partial charge in [0.1, 0.15) is 6.10 Å². The van der Waals surface area contributed by atoms with E-state index in [0.29, 0.717) is 24.3 Å². The van der Waals surface area contributed by atoms with E-state index in [1.54, 1.807) is 4.90 Å². The molecule has 5 nitrogen and oxygen atoms in total. The van der Waals surface area contributed by atoms with Gasteiger partial charge in [0.2, 0.25) is 0 Å². The lowest BCUT2D eigenvalue weighted by Crippen LogP contribution is -2.31. The second-order valence-corrected chi connectivity index (χ2v) is 6.82. The molecule has 0 saturated carbocycles. The van der Waals surface area contributed by atoms with E-state index in [9.17, 15) is 9.90 Å². The summed E-state index contributed by atoms with van der Waals surface area (Å²) in [4.78, 5) is 19.1. The summed E-state index contributed by atoms with van der Waals surface area (Å²) in [7, 11) is 0. The van der Waals surface area contributed by atoms with Crippen LogP contribution in [0.1, 0.15) is 35.5 Å². The molecule has 2 aromatic rings. The van der Waals surface area contributed by atoms with Crippen LogP contribution in [0.25, 0.3) is 10.9 Å². The minimum absolute atomic E-state index is 0.0201. The second kappa shape index (κ2) is 6.49. The smallest absolute Gasteiger partial charge is 0.255 e. The largest absolute Gasteiger partial charge is 0.388 e. The summed E-state index contributed by atoms with van der Waals surface area (Å²) in [5.41, 5.74) is 3.32. The summed E-state index contributed by atoms with van der Waals surface area (Å²) in [6.07, 6.45) is -0.955. The Labute approximate surface area is 142 Å². The van der Waals surface area contributed by atoms with E-state index < -0.39 is 6.10 Å². The van der Waals surface area contributed by atoms with Gasteiger partial charge in [-0.15, -0.1) is 0 Å². The molecule has 1 saturated heterocycles. The van der Waals surface area contributed by atoms with Crippen molar-refractivity contribution in [3.63, 3.8) is 0 Å². The predicted octanol–water partition coefficient (Wildman–Crippen LogP) is 2.46. The Morgan fingerprint density at radius 1 is 1.29 bits per heavy atom. The van der Waals surface area contributed by atoms with Crippen molar-refractivity contribution >= 4 is 16.8 Å². The van der Waals surface area contributed by atoms with Crippen molar-refractivity contribution in [1.29, 1.82) is 0 Å². The molecule has 1 aliphatic heterocycles. The van der Waals surface area contributed by atoms with Crippen LogP contribution in [-0.2, 0) is 4.74 Å². The fraction of sp³-hybridized carbons (Fsp3) is 0.474. The van der Waals surface area contributed by atoms with Crippen LogP contribution in [0.5, 0.6) is 0 Å². The van der Waals surface area contributed by atoms with E-state index in [4.69, 9.17) is 4.74 Å². The monoisotopic (exact) mass is 328 g/mol. The highest BCUT2D eigenvalue weighted by Crippen LogP contribution is 2.22. The quantitative estimate of drug-likeness (QED) is 0.940. The summed E-state index contributed by atoms with van der Waals surface area (Å²) in [6.45, 7) is 8.42. The number of carbonyl (C=O) groups excluding carboxylic acids is 1. The van der Waals surface area contributed by atoms with E-state index in [0.717, 1.165) is 16.5 Å². The summed E-state index contributed by atoms with van der Waals surface area (Å²) in [5, 5.41) is 11.1. The van der Waals surface area contributed by atoms with Gasteiger partial charge in [0.25, 0.3) is 5.91 Å². The third-order valence-corrected chi connectivity index (χ3v) is 4.36. The first-order chi connectivity index (χ1) is 11.3. The van der Waals surface area contributed by atoms with Crippen molar-refractivity contribution < 1.29 is 14.6 Å². The number of rotatable bonds is 3. The SMILES string of the molecule is Cc1ccc2nc(C)c(C(=O)N3C[C@H](OC(C)C)[C@@H](O)C3)cc2c1. The van der Waals surface area contributed by atoms with Gasteiger partial charge in [-0.1, -0.05) is 11.6 Å². The molecule has 1 amide bonds. The zero-order valence-corrected chi connectivity index (χ0v) is 14.6. The van der Waals surface area contributed by atoms with Gasteiger partial charge >= 0.3 is 0 Å². The summed E-state index contributed by atoms with van der Waals surface area (Å²) in [5.74, 6) is -0.0997. The molecule has 1 fully saturated rings. The number of aliphatic hydroxyl groups excluding tert-OH is 1. The maximum atomic E-state index is 12.9. The average molecular weight is 328 g/mol. The first-order valence-corrected chi connectivity index (χ1v) is 8.36. The minimum Gasteiger partial charge on any atom is -0.388 e. The van der Waals surface area contributed by atoms with Gasteiger partial charge in [-0.05, 0) is 45.9 Å². The summed E-state index contributed by atoms with van der Waals surface area (Å²) >= 11 is 0. The Hall–Kier alpha value is -1.98. The number of ether oxygens (including phenoxy) is 1. The van der Waals surface area contributed by atoms with E-state index in [1.165, 1.54) is 0 Å². The molecule has 1 aromatic carbocycles. The van der Waals surface area contributed by atoms with Crippen LogP contribution < -0.4 is 0 Å². The van der Waals surface area contributed by atoms with Gasteiger partial charge in [0, 0.05) is 18.5 Å². The Balaban J connectivity index is 1.87. The molecular formula is C19H24N2O3. The number of pyridine rings is 1. The number of hydrogen-bond acceptors (Lipinski definition) is 4. The number of aliphatic hydroxyl groups is 1. The molecule has 3 rings (SSSR count). The molecule has 2 atom stereocenters. The first kappa shape index (κ1) is 16.9. The Bertz CT molecular complexity index is 773. The van der Waals surface area contributed by atoms with Crippen molar-refractivity contribution in [1.82, 2.24) is 9.88 Å². The van der Waals surface area contributed by atoms with E-state index >= 15 is 0 Å². The van der Waals surface area contributed by atoms with Crippen molar-refractivity contribution in [2.45, 2.75) is 46.0 Å². The van der Waals surface area contributed by atoms with Crippen LogP contribution in [-0.4, -0.2) is 52.3 Å². The van der Waals surface area contributed by atoms with Crippen LogP contribution in [0.2, 0.25) is 0 Å². The van der Waals surface area contributed by atoms with Crippen molar-refractivity contribution in [2.24, 2.45) is 0 Å². The van der Waals surface area contributed by atoms with Gasteiger partial charge in [0.15, 0.2) is 0 Å². The molecule has 0 aliphatic carbocycles. The summed E-state index contributed by atoms with van der Waals surface area (Å²) < 4.78 is 5.70. The Morgan fingerprint density at radius 3 is 2.75 bits per heavy atom. The zero-order valence-electron chi connectivity index (χ0n) is 14.6. The number of benzene rings is 1. The molecule has 0 radical (unpaired) electrons. The van der Waals surface area contributed by atoms with Crippen molar-refractivity contribution in [2.75, 3.05) is 13.1 Å². The van der Waals surface area contributed by atoms with E-state index in [-0.39, 0.29) is 18.1 Å². The predicted molar refractivity (Wildman–Crippen MR) is 93.1 cm³/mol. The van der Waals surface area contributed by atoms with E-state index in [1.807, 2.05) is 52.0 Å². The zero-order chi connectivity index (χ0) is 17.4. The molecule has 0 bridgehead atoms. The van der Waals surface area contributed by atoms with Gasteiger partial charge in [-0.25, -0.2) is 0 Å². The minimum atomic E-state index is -0.646. The topological polar surface area (TPSA) is 62.7 Å². The highest BCUT2D eigenvalue weighted by Gasteiger charge is 2.36. The molecule has 1 aliphatic rings.